The van der Waals surface area contributed by atoms with Gasteiger partial charge in [0.1, 0.15) is 0 Å². The van der Waals surface area contributed by atoms with E-state index < -0.39 is 10.0 Å². The van der Waals surface area contributed by atoms with Crippen LogP contribution < -0.4 is 5.32 Å². The molecule has 1 aliphatic heterocycles. The van der Waals surface area contributed by atoms with Crippen LogP contribution in [0.5, 0.6) is 0 Å². The predicted octanol–water partition coefficient (Wildman–Crippen LogP) is -0.826. The predicted molar refractivity (Wildman–Crippen MR) is 78.0 cm³/mol. The van der Waals surface area contributed by atoms with Gasteiger partial charge in [0.05, 0.1) is 24.6 Å². The molecule has 0 aromatic carbocycles. The molecular weight excluding hydrogens is 294 g/mol. The molecule has 0 atom stereocenters. The summed E-state index contributed by atoms with van der Waals surface area (Å²) < 4.78 is 26.7. The number of aliphatic hydroxyl groups is 1. The smallest absolute Gasteiger partial charge is 0.213 e. The second-order valence-corrected chi connectivity index (χ2v) is 7.41. The Balaban J connectivity index is 1.76. The van der Waals surface area contributed by atoms with E-state index in [1.807, 2.05) is 0 Å². The molecular formula is C12H23N5O3S. The molecule has 1 fully saturated rings. The third-order valence-electron chi connectivity index (χ3n) is 3.70. The SMILES string of the molecule is CCS(=O)(=O)N1CCC(NCc2cn(CCO)nn2)CC1. The van der Waals surface area contributed by atoms with E-state index >= 15 is 0 Å². The number of hydrogen-bond acceptors (Lipinski definition) is 6. The van der Waals surface area contributed by atoms with Crippen molar-refractivity contribution < 1.29 is 13.5 Å². The van der Waals surface area contributed by atoms with E-state index in [1.54, 1.807) is 22.1 Å². The van der Waals surface area contributed by atoms with Crippen molar-refractivity contribution in [3.63, 3.8) is 0 Å². The Morgan fingerprint density at radius 1 is 1.43 bits per heavy atom. The maximum Gasteiger partial charge on any atom is 0.213 e. The van der Waals surface area contributed by atoms with Crippen molar-refractivity contribution in [3.05, 3.63) is 11.9 Å². The highest BCUT2D eigenvalue weighted by molar-refractivity contribution is 7.89. The lowest BCUT2D eigenvalue weighted by Gasteiger charge is -2.31. The number of nitrogens with one attached hydrogen (secondary N) is 1. The lowest BCUT2D eigenvalue weighted by molar-refractivity contribution is 0.268. The summed E-state index contributed by atoms with van der Waals surface area (Å²) in [5.74, 6) is 0.166. The van der Waals surface area contributed by atoms with Crippen molar-refractivity contribution in [1.82, 2.24) is 24.6 Å². The molecule has 1 aromatic rings. The molecule has 1 saturated heterocycles. The van der Waals surface area contributed by atoms with Crippen LogP contribution >= 0.6 is 0 Å². The molecule has 8 nitrogen and oxygen atoms in total. The fourth-order valence-electron chi connectivity index (χ4n) is 2.40. The average molecular weight is 317 g/mol. The van der Waals surface area contributed by atoms with Gasteiger partial charge in [0, 0.05) is 31.9 Å². The molecule has 2 heterocycles. The van der Waals surface area contributed by atoms with E-state index in [-0.39, 0.29) is 12.4 Å². The summed E-state index contributed by atoms with van der Waals surface area (Å²) in [6, 6.07) is 0.302. The van der Waals surface area contributed by atoms with Gasteiger partial charge >= 0.3 is 0 Å². The van der Waals surface area contributed by atoms with Crippen molar-refractivity contribution in [1.29, 1.82) is 0 Å². The number of nitrogens with zero attached hydrogens (tertiary/aromatic N) is 4. The zero-order chi connectivity index (χ0) is 15.3. The summed E-state index contributed by atoms with van der Waals surface area (Å²) in [5.41, 5.74) is 0.826. The standard InChI is InChI=1S/C12H23N5O3S/c1-2-21(19,20)17-5-3-11(4-6-17)13-9-12-10-16(7-8-18)15-14-12/h10-11,13,18H,2-9H2,1H3. The van der Waals surface area contributed by atoms with E-state index in [0.29, 0.717) is 32.2 Å². The maximum absolute atomic E-state index is 11.8. The molecule has 2 N–H and O–H groups in total. The summed E-state index contributed by atoms with van der Waals surface area (Å²) in [6.45, 7) is 3.92. The van der Waals surface area contributed by atoms with E-state index in [1.165, 1.54) is 0 Å². The van der Waals surface area contributed by atoms with Gasteiger partial charge in [-0.3, -0.25) is 0 Å². The Morgan fingerprint density at radius 3 is 2.76 bits per heavy atom. The topological polar surface area (TPSA) is 100 Å². The molecule has 1 aromatic heterocycles. The molecule has 0 spiro atoms. The van der Waals surface area contributed by atoms with Gasteiger partial charge in [0.2, 0.25) is 10.0 Å². The summed E-state index contributed by atoms with van der Waals surface area (Å²) in [7, 11) is -3.06. The first-order valence-corrected chi connectivity index (χ1v) is 8.87. The molecule has 0 bridgehead atoms. The number of aromatic nitrogens is 3. The monoisotopic (exact) mass is 317 g/mol. The molecule has 2 rings (SSSR count). The van der Waals surface area contributed by atoms with Crippen LogP contribution in [0, 0.1) is 0 Å². The molecule has 120 valence electrons. The van der Waals surface area contributed by atoms with Crippen molar-refractivity contribution in [3.8, 4) is 0 Å². The lowest BCUT2D eigenvalue weighted by atomic mass is 10.1. The van der Waals surface area contributed by atoms with Gasteiger partial charge in [-0.15, -0.1) is 5.10 Å². The van der Waals surface area contributed by atoms with E-state index in [4.69, 9.17) is 5.11 Å². The maximum atomic E-state index is 11.8. The Hall–Kier alpha value is -1.03. The summed E-state index contributed by atoms with van der Waals surface area (Å²) in [4.78, 5) is 0. The number of hydrogen-bond donors (Lipinski definition) is 2. The summed E-state index contributed by atoms with van der Waals surface area (Å²) in [5, 5.41) is 20.1. The number of piperidine rings is 1. The van der Waals surface area contributed by atoms with Crippen LogP contribution in [0.2, 0.25) is 0 Å². The van der Waals surface area contributed by atoms with Gasteiger partial charge in [-0.05, 0) is 19.8 Å². The molecule has 0 radical (unpaired) electrons. The lowest BCUT2D eigenvalue weighted by Crippen LogP contribution is -2.45. The highest BCUT2D eigenvalue weighted by Gasteiger charge is 2.26. The average Bonchev–Trinajstić information content (AvgIpc) is 2.94. The molecule has 0 unspecified atom stereocenters. The molecule has 0 amide bonds. The van der Waals surface area contributed by atoms with E-state index in [2.05, 4.69) is 15.6 Å². The second-order valence-electron chi connectivity index (χ2n) is 5.15. The highest BCUT2D eigenvalue weighted by Crippen LogP contribution is 2.14. The third kappa shape index (κ3) is 4.47. The largest absolute Gasteiger partial charge is 0.394 e. The molecule has 0 saturated carbocycles. The van der Waals surface area contributed by atoms with Crippen molar-refractivity contribution in [2.75, 3.05) is 25.4 Å². The van der Waals surface area contributed by atoms with Crippen molar-refractivity contribution in [2.24, 2.45) is 0 Å². The Kier molecular flexibility index (Phi) is 5.68. The van der Waals surface area contributed by atoms with Crippen LogP contribution in [0.1, 0.15) is 25.5 Å². The van der Waals surface area contributed by atoms with Gasteiger partial charge in [-0.25, -0.2) is 17.4 Å². The second kappa shape index (κ2) is 7.30. The van der Waals surface area contributed by atoms with Gasteiger partial charge < -0.3 is 10.4 Å². The Labute approximate surface area is 125 Å². The van der Waals surface area contributed by atoms with E-state index in [9.17, 15) is 8.42 Å². The minimum absolute atomic E-state index is 0.0423. The highest BCUT2D eigenvalue weighted by atomic mass is 32.2. The first kappa shape index (κ1) is 16.3. The van der Waals surface area contributed by atoms with Crippen LogP contribution in [0.15, 0.2) is 6.20 Å². The molecule has 9 heteroatoms. The van der Waals surface area contributed by atoms with Gasteiger partial charge in [-0.1, -0.05) is 5.21 Å². The van der Waals surface area contributed by atoms with Crippen molar-refractivity contribution >= 4 is 10.0 Å². The Morgan fingerprint density at radius 2 is 2.14 bits per heavy atom. The third-order valence-corrected chi connectivity index (χ3v) is 5.58. The quantitative estimate of drug-likeness (QED) is 0.681. The van der Waals surface area contributed by atoms with Gasteiger partial charge in [-0.2, -0.15) is 0 Å². The number of aliphatic hydroxyl groups excluding tert-OH is 1. The van der Waals surface area contributed by atoms with Crippen LogP contribution in [0.25, 0.3) is 0 Å². The van der Waals surface area contributed by atoms with Crippen LogP contribution in [0.4, 0.5) is 0 Å². The fourth-order valence-corrected chi connectivity index (χ4v) is 3.53. The molecule has 0 aliphatic carbocycles. The van der Waals surface area contributed by atoms with Crippen LogP contribution in [-0.2, 0) is 23.1 Å². The Bertz CT molecular complexity index is 537. The first-order chi connectivity index (χ1) is 10.0. The molecule has 1 aliphatic rings. The van der Waals surface area contributed by atoms with Crippen molar-refractivity contribution in [2.45, 2.75) is 38.9 Å². The number of sulfonamides is 1. The molecule has 21 heavy (non-hydrogen) atoms. The zero-order valence-corrected chi connectivity index (χ0v) is 13.1. The van der Waals surface area contributed by atoms with Crippen LogP contribution in [0.3, 0.4) is 0 Å². The zero-order valence-electron chi connectivity index (χ0n) is 12.3. The fraction of sp³-hybridized carbons (Fsp3) is 0.833. The number of rotatable bonds is 7. The van der Waals surface area contributed by atoms with Gasteiger partial charge in [0.15, 0.2) is 0 Å². The summed E-state index contributed by atoms with van der Waals surface area (Å²) >= 11 is 0. The first-order valence-electron chi connectivity index (χ1n) is 7.26. The van der Waals surface area contributed by atoms with E-state index in [0.717, 1.165) is 18.5 Å². The van der Waals surface area contributed by atoms with Gasteiger partial charge in [0.25, 0.3) is 0 Å². The summed E-state index contributed by atoms with van der Waals surface area (Å²) in [6.07, 6.45) is 3.42. The minimum atomic E-state index is -3.06. The van der Waals surface area contributed by atoms with Crippen LogP contribution in [-0.4, -0.2) is 64.3 Å². The minimum Gasteiger partial charge on any atom is -0.394 e. The normalized spacial score (nSPS) is 18.2.